The smallest absolute Gasteiger partial charge is 0.191 e. The van der Waals surface area contributed by atoms with Crippen molar-refractivity contribution < 1.29 is 4.74 Å². The number of guanidine groups is 1. The number of ether oxygens (including phenoxy) is 1. The number of rotatable bonds is 8. The molecule has 136 valence electrons. The largest absolute Gasteiger partial charge is 0.377 e. The lowest BCUT2D eigenvalue weighted by molar-refractivity contribution is 0.134. The maximum atomic E-state index is 5.41. The molecule has 1 aromatic carbocycles. The van der Waals surface area contributed by atoms with Gasteiger partial charge in [0, 0.05) is 19.3 Å². The highest BCUT2D eigenvalue weighted by molar-refractivity contribution is 14.0. The molecule has 0 aliphatic rings. The predicted molar refractivity (Wildman–Crippen MR) is 113 cm³/mol. The number of aliphatic imine (C=N–C) groups is 1. The second-order valence-corrected chi connectivity index (χ2v) is 5.32. The van der Waals surface area contributed by atoms with E-state index in [9.17, 15) is 0 Å². The first-order chi connectivity index (χ1) is 11.8. The van der Waals surface area contributed by atoms with Crippen molar-refractivity contribution in [3.8, 4) is 0 Å². The lowest BCUT2D eigenvalue weighted by Gasteiger charge is -2.11. The molecule has 0 atom stereocenters. The van der Waals surface area contributed by atoms with E-state index in [1.165, 1.54) is 11.1 Å². The zero-order chi connectivity index (χ0) is 17.0. The molecule has 0 saturated heterocycles. The third kappa shape index (κ3) is 8.31. The van der Waals surface area contributed by atoms with E-state index in [1.54, 1.807) is 6.20 Å². The SMILES string of the molecule is CCNC(=NCc1ccc(COCC)cc1)NCc1ccccn1.I. The standard InChI is InChI=1S/C19H26N4O.HI/c1-3-20-19(23-14-18-7-5-6-12-21-18)22-13-16-8-10-17(11-9-16)15-24-4-2;/h5-12H,3-4,13-15H2,1-2H3,(H2,20,22,23);1H. The Morgan fingerprint density at radius 3 is 2.44 bits per heavy atom. The summed E-state index contributed by atoms with van der Waals surface area (Å²) in [5.41, 5.74) is 3.35. The van der Waals surface area contributed by atoms with E-state index >= 15 is 0 Å². The number of aromatic nitrogens is 1. The van der Waals surface area contributed by atoms with E-state index in [0.29, 0.717) is 19.7 Å². The lowest BCUT2D eigenvalue weighted by atomic mass is 10.1. The van der Waals surface area contributed by atoms with E-state index in [4.69, 9.17) is 4.74 Å². The third-order valence-electron chi connectivity index (χ3n) is 3.42. The molecule has 0 spiro atoms. The number of hydrogen-bond donors (Lipinski definition) is 2. The molecule has 1 heterocycles. The van der Waals surface area contributed by atoms with Crippen molar-refractivity contribution in [1.82, 2.24) is 15.6 Å². The van der Waals surface area contributed by atoms with Crippen molar-refractivity contribution in [3.63, 3.8) is 0 Å². The van der Waals surface area contributed by atoms with Gasteiger partial charge >= 0.3 is 0 Å². The second-order valence-electron chi connectivity index (χ2n) is 5.32. The Bertz CT molecular complexity index is 617. The number of halogens is 1. The minimum absolute atomic E-state index is 0. The van der Waals surface area contributed by atoms with Crippen LogP contribution in [0.1, 0.15) is 30.7 Å². The van der Waals surface area contributed by atoms with Crippen molar-refractivity contribution in [2.45, 2.75) is 33.5 Å². The van der Waals surface area contributed by atoms with Crippen LogP contribution in [0, 0.1) is 0 Å². The van der Waals surface area contributed by atoms with Crippen LogP contribution in [0.3, 0.4) is 0 Å². The van der Waals surface area contributed by atoms with E-state index in [2.05, 4.69) is 51.8 Å². The molecule has 2 aromatic rings. The molecule has 0 amide bonds. The molecule has 0 saturated carbocycles. The van der Waals surface area contributed by atoms with Gasteiger partial charge in [-0.25, -0.2) is 4.99 Å². The van der Waals surface area contributed by atoms with E-state index in [-0.39, 0.29) is 24.0 Å². The molecule has 6 heteroatoms. The summed E-state index contributed by atoms with van der Waals surface area (Å²) >= 11 is 0. The first-order valence-electron chi connectivity index (χ1n) is 8.39. The van der Waals surface area contributed by atoms with Crippen LogP contribution >= 0.6 is 24.0 Å². The van der Waals surface area contributed by atoms with Crippen LogP contribution in [-0.2, 0) is 24.4 Å². The molecule has 25 heavy (non-hydrogen) atoms. The maximum absolute atomic E-state index is 5.41. The average Bonchev–Trinajstić information content (AvgIpc) is 2.64. The van der Waals surface area contributed by atoms with Crippen molar-refractivity contribution in [1.29, 1.82) is 0 Å². The predicted octanol–water partition coefficient (Wildman–Crippen LogP) is 3.49. The Hall–Kier alpha value is -1.67. The summed E-state index contributed by atoms with van der Waals surface area (Å²) in [5.74, 6) is 0.793. The quantitative estimate of drug-likeness (QED) is 0.364. The molecular weight excluding hydrogens is 427 g/mol. The Kier molecular flexibility index (Phi) is 10.8. The molecule has 0 unspecified atom stereocenters. The zero-order valence-electron chi connectivity index (χ0n) is 14.9. The van der Waals surface area contributed by atoms with Crippen molar-refractivity contribution >= 4 is 29.9 Å². The fourth-order valence-electron chi connectivity index (χ4n) is 2.15. The summed E-state index contributed by atoms with van der Waals surface area (Å²) in [6, 6.07) is 14.3. The van der Waals surface area contributed by atoms with Gasteiger partial charge < -0.3 is 15.4 Å². The highest BCUT2D eigenvalue weighted by atomic mass is 127. The zero-order valence-corrected chi connectivity index (χ0v) is 17.2. The average molecular weight is 454 g/mol. The Morgan fingerprint density at radius 2 is 1.80 bits per heavy atom. The minimum atomic E-state index is 0. The van der Waals surface area contributed by atoms with E-state index in [1.807, 2.05) is 25.1 Å². The number of nitrogens with one attached hydrogen (secondary N) is 2. The van der Waals surface area contributed by atoms with Crippen LogP contribution in [0.2, 0.25) is 0 Å². The first kappa shape index (κ1) is 21.4. The number of benzene rings is 1. The highest BCUT2D eigenvalue weighted by Gasteiger charge is 2.00. The van der Waals surface area contributed by atoms with Gasteiger partial charge in [0.15, 0.2) is 5.96 Å². The topological polar surface area (TPSA) is 58.5 Å². The van der Waals surface area contributed by atoms with Gasteiger partial charge in [0.25, 0.3) is 0 Å². The van der Waals surface area contributed by atoms with Crippen molar-refractivity contribution in [2.24, 2.45) is 4.99 Å². The normalized spacial score (nSPS) is 10.9. The monoisotopic (exact) mass is 454 g/mol. The summed E-state index contributed by atoms with van der Waals surface area (Å²) in [6.07, 6.45) is 1.80. The molecule has 0 aliphatic carbocycles. The summed E-state index contributed by atoms with van der Waals surface area (Å²) in [5, 5.41) is 6.56. The lowest BCUT2D eigenvalue weighted by Crippen LogP contribution is -2.36. The molecule has 1 aromatic heterocycles. The molecule has 2 rings (SSSR count). The molecule has 0 aliphatic heterocycles. The van der Waals surface area contributed by atoms with Crippen molar-refractivity contribution in [2.75, 3.05) is 13.2 Å². The third-order valence-corrected chi connectivity index (χ3v) is 3.42. The number of pyridine rings is 1. The van der Waals surface area contributed by atoms with Gasteiger partial charge in [-0.1, -0.05) is 30.3 Å². The Morgan fingerprint density at radius 1 is 1.04 bits per heavy atom. The molecule has 0 fully saturated rings. The maximum Gasteiger partial charge on any atom is 0.191 e. The van der Waals surface area contributed by atoms with Gasteiger partial charge in [0.1, 0.15) is 0 Å². The Labute approximate surface area is 167 Å². The first-order valence-corrected chi connectivity index (χ1v) is 8.39. The van der Waals surface area contributed by atoms with Crippen LogP contribution in [0.15, 0.2) is 53.7 Å². The van der Waals surface area contributed by atoms with Gasteiger partial charge in [-0.2, -0.15) is 0 Å². The van der Waals surface area contributed by atoms with Crippen molar-refractivity contribution in [3.05, 3.63) is 65.5 Å². The summed E-state index contributed by atoms with van der Waals surface area (Å²) in [6.45, 7) is 7.56. The highest BCUT2D eigenvalue weighted by Crippen LogP contribution is 2.07. The van der Waals surface area contributed by atoms with Gasteiger partial charge in [-0.05, 0) is 37.1 Å². The van der Waals surface area contributed by atoms with E-state index in [0.717, 1.165) is 24.8 Å². The van der Waals surface area contributed by atoms with Gasteiger partial charge in [-0.3, -0.25) is 4.98 Å². The van der Waals surface area contributed by atoms with Crippen LogP contribution in [0.5, 0.6) is 0 Å². The fourth-order valence-corrected chi connectivity index (χ4v) is 2.15. The molecule has 0 bridgehead atoms. The van der Waals surface area contributed by atoms with Gasteiger partial charge in [-0.15, -0.1) is 24.0 Å². The Balaban J connectivity index is 0.00000312. The molecular formula is C19H27IN4O. The molecule has 2 N–H and O–H groups in total. The second kappa shape index (κ2) is 12.7. The number of nitrogens with zero attached hydrogens (tertiary/aromatic N) is 2. The van der Waals surface area contributed by atoms with Gasteiger partial charge in [0.05, 0.1) is 25.4 Å². The van der Waals surface area contributed by atoms with E-state index < -0.39 is 0 Å². The fraction of sp³-hybridized carbons (Fsp3) is 0.368. The summed E-state index contributed by atoms with van der Waals surface area (Å²) in [4.78, 5) is 8.93. The number of hydrogen-bond acceptors (Lipinski definition) is 3. The summed E-state index contributed by atoms with van der Waals surface area (Å²) < 4.78 is 5.41. The van der Waals surface area contributed by atoms with Crippen LogP contribution < -0.4 is 10.6 Å². The van der Waals surface area contributed by atoms with Crippen LogP contribution in [0.25, 0.3) is 0 Å². The van der Waals surface area contributed by atoms with Crippen LogP contribution in [0.4, 0.5) is 0 Å². The van der Waals surface area contributed by atoms with Gasteiger partial charge in [0.2, 0.25) is 0 Å². The minimum Gasteiger partial charge on any atom is -0.377 e. The van der Waals surface area contributed by atoms with Crippen LogP contribution in [-0.4, -0.2) is 24.1 Å². The molecule has 0 radical (unpaired) electrons. The molecule has 5 nitrogen and oxygen atoms in total. The summed E-state index contributed by atoms with van der Waals surface area (Å²) in [7, 11) is 0.